The van der Waals surface area contributed by atoms with Gasteiger partial charge in [0.05, 0.1) is 9.26 Å². The second-order valence-electron chi connectivity index (χ2n) is 4.82. The summed E-state index contributed by atoms with van der Waals surface area (Å²) < 4.78 is 1.11. The first-order chi connectivity index (χ1) is 10.2. The maximum atomic E-state index is 4.69. The Balaban J connectivity index is 2.47. The Morgan fingerprint density at radius 3 is 2.62 bits per heavy atom. The van der Waals surface area contributed by atoms with Gasteiger partial charge < -0.3 is 5.32 Å². The van der Waals surface area contributed by atoms with E-state index in [2.05, 4.69) is 56.7 Å². The molecule has 0 aliphatic carbocycles. The summed E-state index contributed by atoms with van der Waals surface area (Å²) in [6, 6.07) is 1.86. The van der Waals surface area contributed by atoms with Gasteiger partial charge in [-0.15, -0.1) is 0 Å². The number of hydrogen-bond donors (Lipinski definition) is 1. The fraction of sp³-hybridized carbons (Fsp3) is 0.467. The summed E-state index contributed by atoms with van der Waals surface area (Å²) >= 11 is 2.33. The number of aryl methyl sites for hydroxylation is 2. The summed E-state index contributed by atoms with van der Waals surface area (Å²) in [5.41, 5.74) is 1.86. The van der Waals surface area contributed by atoms with Gasteiger partial charge in [0, 0.05) is 12.7 Å². The molecule has 6 heteroatoms. The van der Waals surface area contributed by atoms with Crippen molar-refractivity contribution in [2.24, 2.45) is 0 Å². The van der Waals surface area contributed by atoms with E-state index in [1.807, 2.05) is 13.0 Å². The lowest BCUT2D eigenvalue weighted by atomic mass is 10.2. The Kier molecular flexibility index (Phi) is 5.84. The molecule has 2 aromatic rings. The number of nitrogens with one attached hydrogen (secondary N) is 1. The molecule has 0 saturated carbocycles. The third-order valence-electron chi connectivity index (χ3n) is 2.95. The van der Waals surface area contributed by atoms with Crippen molar-refractivity contribution in [1.82, 2.24) is 19.9 Å². The predicted molar refractivity (Wildman–Crippen MR) is 93.3 cm³/mol. The summed E-state index contributed by atoms with van der Waals surface area (Å²) in [5, 5.41) is 3.38. The Morgan fingerprint density at radius 2 is 1.95 bits per heavy atom. The van der Waals surface area contributed by atoms with Gasteiger partial charge in [-0.3, -0.25) is 0 Å². The van der Waals surface area contributed by atoms with Crippen LogP contribution in [0.4, 0.5) is 5.82 Å². The van der Waals surface area contributed by atoms with Gasteiger partial charge in [-0.05, 0) is 48.4 Å². The van der Waals surface area contributed by atoms with E-state index in [-0.39, 0.29) is 0 Å². The van der Waals surface area contributed by atoms with Crippen molar-refractivity contribution in [1.29, 1.82) is 0 Å². The molecule has 2 heterocycles. The molecule has 0 aliphatic rings. The van der Waals surface area contributed by atoms with Gasteiger partial charge in [-0.2, -0.15) is 0 Å². The molecule has 21 heavy (non-hydrogen) atoms. The molecule has 0 aromatic carbocycles. The van der Waals surface area contributed by atoms with Crippen LogP contribution < -0.4 is 5.32 Å². The smallest absolute Gasteiger partial charge is 0.180 e. The van der Waals surface area contributed by atoms with Crippen molar-refractivity contribution in [3.63, 3.8) is 0 Å². The lowest BCUT2D eigenvalue weighted by Crippen LogP contribution is -2.09. The summed E-state index contributed by atoms with van der Waals surface area (Å²) in [6.45, 7) is 7.08. The van der Waals surface area contributed by atoms with Gasteiger partial charge in [0.25, 0.3) is 0 Å². The van der Waals surface area contributed by atoms with Crippen LogP contribution in [0.25, 0.3) is 11.5 Å². The zero-order valence-electron chi connectivity index (χ0n) is 12.6. The molecule has 0 aliphatic heterocycles. The minimum absolute atomic E-state index is 0.669. The van der Waals surface area contributed by atoms with Gasteiger partial charge in [0.15, 0.2) is 5.82 Å². The zero-order valence-corrected chi connectivity index (χ0v) is 14.8. The van der Waals surface area contributed by atoms with Crippen LogP contribution in [0.3, 0.4) is 0 Å². The van der Waals surface area contributed by atoms with Crippen molar-refractivity contribution in [3.05, 3.63) is 27.4 Å². The molecule has 0 radical (unpaired) electrons. The van der Waals surface area contributed by atoms with E-state index in [9.17, 15) is 0 Å². The number of rotatable bonds is 6. The molecule has 0 fully saturated rings. The average Bonchev–Trinajstić information content (AvgIpc) is 2.48. The van der Waals surface area contributed by atoms with Crippen molar-refractivity contribution in [2.45, 2.75) is 40.0 Å². The Hall–Kier alpha value is -1.31. The van der Waals surface area contributed by atoms with Crippen LogP contribution in [0, 0.1) is 10.5 Å². The number of anilines is 1. The summed E-state index contributed by atoms with van der Waals surface area (Å²) in [4.78, 5) is 17.9. The van der Waals surface area contributed by atoms with E-state index < -0.39 is 0 Å². The first-order valence-electron chi connectivity index (χ1n) is 7.26. The van der Waals surface area contributed by atoms with E-state index in [0.29, 0.717) is 5.82 Å². The van der Waals surface area contributed by atoms with Crippen LogP contribution in [-0.4, -0.2) is 26.5 Å². The van der Waals surface area contributed by atoms with E-state index in [1.54, 1.807) is 6.20 Å². The van der Waals surface area contributed by atoms with Gasteiger partial charge in [-0.25, -0.2) is 19.9 Å². The lowest BCUT2D eigenvalue weighted by Gasteiger charge is -2.12. The third kappa shape index (κ3) is 4.09. The molecule has 0 spiro atoms. The molecule has 0 unspecified atom stereocenters. The van der Waals surface area contributed by atoms with Crippen LogP contribution in [0.2, 0.25) is 0 Å². The molecule has 0 amide bonds. The topological polar surface area (TPSA) is 63.6 Å². The van der Waals surface area contributed by atoms with E-state index in [0.717, 1.165) is 52.4 Å². The molecule has 5 nitrogen and oxygen atoms in total. The van der Waals surface area contributed by atoms with Crippen molar-refractivity contribution in [3.8, 4) is 11.5 Å². The largest absolute Gasteiger partial charge is 0.369 e. The van der Waals surface area contributed by atoms with Gasteiger partial charge >= 0.3 is 0 Å². The fourth-order valence-electron chi connectivity index (χ4n) is 1.95. The highest BCUT2D eigenvalue weighted by molar-refractivity contribution is 14.1. The maximum Gasteiger partial charge on any atom is 0.180 e. The zero-order chi connectivity index (χ0) is 15.2. The fourth-order valence-corrected chi connectivity index (χ4v) is 2.65. The average molecular weight is 397 g/mol. The summed E-state index contributed by atoms with van der Waals surface area (Å²) in [6.07, 6.45) is 4.81. The van der Waals surface area contributed by atoms with E-state index in [1.165, 1.54) is 0 Å². The SMILES string of the molecule is CCCNc1nc(-c2ccnc(C)n2)nc(CCC)c1I. The highest BCUT2D eigenvalue weighted by atomic mass is 127. The summed E-state index contributed by atoms with van der Waals surface area (Å²) in [7, 11) is 0. The van der Waals surface area contributed by atoms with Crippen LogP contribution >= 0.6 is 22.6 Å². The van der Waals surface area contributed by atoms with E-state index >= 15 is 0 Å². The molecule has 2 rings (SSSR count). The highest BCUT2D eigenvalue weighted by Crippen LogP contribution is 2.24. The van der Waals surface area contributed by atoms with Crippen LogP contribution in [0.1, 0.15) is 38.2 Å². The maximum absolute atomic E-state index is 4.69. The predicted octanol–water partition coefficient (Wildman–Crippen LogP) is 3.62. The van der Waals surface area contributed by atoms with Gasteiger partial charge in [-0.1, -0.05) is 20.3 Å². The molecule has 2 aromatic heterocycles. The Bertz CT molecular complexity index is 615. The Morgan fingerprint density at radius 1 is 1.14 bits per heavy atom. The molecular weight excluding hydrogens is 377 g/mol. The standard InChI is InChI=1S/C15H20IN5/c1-4-6-11-13(16)15(18-8-5-2)21-14(20-11)12-7-9-17-10(3)19-12/h7,9H,4-6,8H2,1-3H3,(H,18,20,21). The minimum atomic E-state index is 0.669. The number of nitrogens with zero attached hydrogens (tertiary/aromatic N) is 4. The Labute approximate surface area is 139 Å². The first-order valence-corrected chi connectivity index (χ1v) is 8.33. The van der Waals surface area contributed by atoms with Crippen LogP contribution in [0.5, 0.6) is 0 Å². The number of aromatic nitrogens is 4. The van der Waals surface area contributed by atoms with Crippen LogP contribution in [-0.2, 0) is 6.42 Å². The second kappa shape index (κ2) is 7.63. The molecule has 0 bridgehead atoms. The molecular formula is C15H20IN5. The minimum Gasteiger partial charge on any atom is -0.369 e. The second-order valence-corrected chi connectivity index (χ2v) is 5.90. The first kappa shape index (κ1) is 16.1. The van der Waals surface area contributed by atoms with Gasteiger partial charge in [0.1, 0.15) is 17.3 Å². The van der Waals surface area contributed by atoms with Crippen molar-refractivity contribution >= 4 is 28.4 Å². The highest BCUT2D eigenvalue weighted by Gasteiger charge is 2.13. The van der Waals surface area contributed by atoms with Crippen molar-refractivity contribution in [2.75, 3.05) is 11.9 Å². The molecule has 1 N–H and O–H groups in total. The lowest BCUT2D eigenvalue weighted by molar-refractivity contribution is 0.861. The quantitative estimate of drug-likeness (QED) is 0.755. The number of halogens is 1. The molecule has 0 saturated heterocycles. The summed E-state index contributed by atoms with van der Waals surface area (Å²) in [5.74, 6) is 2.31. The van der Waals surface area contributed by atoms with Crippen molar-refractivity contribution < 1.29 is 0 Å². The van der Waals surface area contributed by atoms with Crippen LogP contribution in [0.15, 0.2) is 12.3 Å². The number of hydrogen-bond acceptors (Lipinski definition) is 5. The third-order valence-corrected chi connectivity index (χ3v) is 4.09. The normalized spacial score (nSPS) is 10.7. The van der Waals surface area contributed by atoms with Gasteiger partial charge in [0.2, 0.25) is 0 Å². The monoisotopic (exact) mass is 397 g/mol. The molecule has 0 atom stereocenters. The molecule has 112 valence electrons. The van der Waals surface area contributed by atoms with E-state index in [4.69, 9.17) is 4.98 Å².